The molecule has 0 aromatic heterocycles. The monoisotopic (exact) mass is 214 g/mol. The molecule has 76 valence electrons. The molecule has 0 atom stereocenters. The zero-order valence-electron chi connectivity index (χ0n) is 9.31. The Kier molecular flexibility index (Phi) is 14.6. The Morgan fingerprint density at radius 2 is 1.67 bits per heavy atom. The van der Waals surface area contributed by atoms with Gasteiger partial charge in [-0.3, -0.25) is 0 Å². The Morgan fingerprint density at radius 3 is 1.87 bits per heavy atom. The van der Waals surface area contributed by atoms with Crippen LogP contribution in [0.15, 0.2) is 49.6 Å². The Hall–Kier alpha value is -0.830. The summed E-state index contributed by atoms with van der Waals surface area (Å²) in [4.78, 5) is 9.25. The van der Waals surface area contributed by atoms with Crippen LogP contribution in [0.5, 0.6) is 0 Å². The average molecular weight is 214 g/mol. The van der Waals surface area contributed by atoms with Crippen LogP contribution in [0.2, 0.25) is 4.17 Å². The van der Waals surface area contributed by atoms with E-state index in [4.69, 9.17) is 5.11 Å². The summed E-state index contributed by atoms with van der Waals surface area (Å²) in [6.45, 7) is 6.59. The van der Waals surface area contributed by atoms with E-state index in [0.717, 1.165) is 6.08 Å². The summed E-state index contributed by atoms with van der Waals surface area (Å²) in [5.41, 5.74) is 1.17. The van der Waals surface area contributed by atoms with Gasteiger partial charge in [0.2, 0.25) is 0 Å². The molecule has 0 spiro atoms. The van der Waals surface area contributed by atoms with Crippen LogP contribution >= 0.6 is 0 Å². The van der Waals surface area contributed by atoms with E-state index >= 15 is 0 Å². The van der Waals surface area contributed by atoms with Crippen molar-refractivity contribution in [1.82, 2.24) is 0 Å². The molecule has 1 aromatic carbocycles. The number of hydrogen-bond acceptors (Lipinski definition) is 1. The second kappa shape index (κ2) is 13.2. The number of carbonyl (C=O) groups is 1. The van der Waals surface area contributed by atoms with Gasteiger partial charge in [0.05, 0.1) is 0 Å². The molecule has 0 saturated carbocycles. The third kappa shape index (κ3) is 13.2. The fourth-order valence-corrected chi connectivity index (χ4v) is 0.589. The van der Waals surface area contributed by atoms with Crippen molar-refractivity contribution in [1.29, 1.82) is 0 Å². The molecule has 0 radical (unpaired) electrons. The predicted molar refractivity (Wildman–Crippen MR) is 66.0 cm³/mol. The van der Waals surface area contributed by atoms with E-state index in [1.54, 1.807) is 0 Å². The van der Waals surface area contributed by atoms with Crippen LogP contribution < -0.4 is 0 Å². The van der Waals surface area contributed by atoms with Crippen LogP contribution in [0.4, 0.5) is 0 Å². The normalized spacial score (nSPS) is 7.13. The quantitative estimate of drug-likeness (QED) is 0.607. The summed E-state index contributed by atoms with van der Waals surface area (Å²) in [6, 6.07) is 10.0. The van der Waals surface area contributed by atoms with Gasteiger partial charge in [-0.05, 0) is 5.56 Å². The van der Waals surface area contributed by atoms with Crippen LogP contribution in [0, 0.1) is 0 Å². The number of rotatable bonds is 2. The molecule has 2 nitrogen and oxygen atoms in total. The Morgan fingerprint density at radius 1 is 1.27 bits per heavy atom. The molecule has 0 bridgehead atoms. The van der Waals surface area contributed by atoms with E-state index in [0.29, 0.717) is 0 Å². The third-order valence-corrected chi connectivity index (χ3v) is 1.21. The second-order valence-electron chi connectivity index (χ2n) is 2.16. The summed E-state index contributed by atoms with van der Waals surface area (Å²) in [7, 11) is 0. The topological polar surface area (TPSA) is 37.3 Å². The molecule has 0 heterocycles. The van der Waals surface area contributed by atoms with Crippen LogP contribution in [-0.2, 0) is 4.79 Å². The van der Waals surface area contributed by atoms with Gasteiger partial charge in [-0.1, -0.05) is 49.6 Å². The number of aliphatic carboxylic acids is 1. The molecule has 0 amide bonds. The van der Waals surface area contributed by atoms with Gasteiger partial charge in [0.15, 0.2) is 0 Å². The third-order valence-electron chi connectivity index (χ3n) is 1.21. The summed E-state index contributed by atoms with van der Waals surface area (Å²) < 4.78 is 2.14. The van der Waals surface area contributed by atoms with Crippen LogP contribution in [0.25, 0.3) is 6.08 Å². The Bertz CT molecular complexity index is 281. The molecule has 1 N–H and O–H groups in total. The average Bonchev–Trinajstić information content (AvgIpc) is 2.33. The molecule has 0 aliphatic heterocycles. The van der Waals surface area contributed by atoms with Crippen LogP contribution in [0.1, 0.15) is 5.56 Å². The maximum absolute atomic E-state index is 9.25. The first-order chi connectivity index (χ1) is 7.20. The van der Waals surface area contributed by atoms with Crippen molar-refractivity contribution < 1.29 is 9.90 Å². The first-order valence-electron chi connectivity index (χ1n) is 4.73. The first kappa shape index (κ1) is 16.6. The van der Waals surface area contributed by atoms with E-state index in [2.05, 4.69) is 17.3 Å². The van der Waals surface area contributed by atoms with Crippen molar-refractivity contribution >= 4 is 40.0 Å². The van der Waals surface area contributed by atoms with E-state index in [-0.39, 0.29) is 0 Å². The molecular formula is C12H15NaO2. The van der Waals surface area contributed by atoms with E-state index in [9.17, 15) is 4.79 Å². The summed E-state index contributed by atoms with van der Waals surface area (Å²) in [6.07, 6.45) is 2.67. The number of carboxylic acid groups (broad SMARTS) is 1. The van der Waals surface area contributed by atoms with Gasteiger partial charge in [-0.25, -0.2) is 4.79 Å². The minimum absolute atomic E-state index is 0.833. The second-order valence-corrected chi connectivity index (χ2v) is 2.16. The fourth-order valence-electron chi connectivity index (χ4n) is 0.589. The number of carboxylic acids is 1. The molecule has 3 heteroatoms. The zero-order chi connectivity index (χ0) is 12.1. The molecule has 0 aliphatic carbocycles. The molecule has 0 saturated heterocycles. The van der Waals surface area contributed by atoms with Gasteiger partial charge in [0, 0.05) is 6.08 Å². The van der Waals surface area contributed by atoms with Gasteiger partial charge < -0.3 is 5.11 Å². The molecule has 0 aliphatic rings. The molecular weight excluding hydrogens is 199 g/mol. The minimum atomic E-state index is -0.981. The molecule has 0 unspecified atom stereocenters. The van der Waals surface area contributed by atoms with Gasteiger partial charge in [-0.15, -0.1) is 0 Å². The van der Waals surface area contributed by atoms with Crippen molar-refractivity contribution in [2.45, 2.75) is 4.17 Å². The van der Waals surface area contributed by atoms with Gasteiger partial charge in [0.1, 0.15) is 0 Å². The van der Waals surface area contributed by atoms with Gasteiger partial charge in [-0.2, -0.15) is 0 Å². The van der Waals surface area contributed by atoms with E-state index in [1.165, 1.54) is 33.5 Å². The number of benzene rings is 1. The number of hydrogen-bond donors (Lipinski definition) is 1. The first-order valence-corrected chi connectivity index (χ1v) is 6.73. The van der Waals surface area contributed by atoms with Crippen molar-refractivity contribution in [2.24, 2.45) is 0 Å². The Balaban J connectivity index is 0. The fraction of sp³-hybridized carbons (Fsp3) is 0.0833. The summed E-state index contributed by atoms with van der Waals surface area (Å²) in [5, 5.41) is 7.60. The van der Waals surface area contributed by atoms with E-state index in [1.807, 2.05) is 36.4 Å². The standard InChI is InChI=1S/C8H8.C3H4O2.CH3.Na/c1-2-8-6-4-3-5-7-8;1-2-3(4)5;;/h2-7H,1H2;2H,1H2,(H,4,5);1H3;. The summed E-state index contributed by atoms with van der Waals surface area (Å²) >= 11 is 1.31. The molecule has 0 fully saturated rings. The summed E-state index contributed by atoms with van der Waals surface area (Å²) in [5.74, 6) is -0.981. The van der Waals surface area contributed by atoms with Crippen molar-refractivity contribution in [2.75, 3.05) is 0 Å². The molecule has 1 rings (SSSR count). The zero-order valence-corrected chi connectivity index (χ0v) is 11.3. The van der Waals surface area contributed by atoms with Crippen LogP contribution in [-0.4, -0.2) is 39.0 Å². The Labute approximate surface area is 109 Å². The molecule has 15 heavy (non-hydrogen) atoms. The maximum atomic E-state index is 9.25. The van der Waals surface area contributed by atoms with Gasteiger partial charge in [0.25, 0.3) is 0 Å². The molecule has 1 aromatic rings. The van der Waals surface area contributed by atoms with Gasteiger partial charge >= 0.3 is 38.1 Å². The van der Waals surface area contributed by atoms with Crippen molar-refractivity contribution in [3.63, 3.8) is 0 Å². The van der Waals surface area contributed by atoms with Crippen molar-refractivity contribution in [3.05, 3.63) is 55.1 Å². The van der Waals surface area contributed by atoms with Crippen molar-refractivity contribution in [3.8, 4) is 0 Å². The predicted octanol–water partition coefficient (Wildman–Crippen LogP) is 2.79. The SMILES string of the molecule is C=CC(=O)O.C=Cc1ccccc1.[CH3][Na]. The van der Waals surface area contributed by atoms with Crippen LogP contribution in [0.3, 0.4) is 0 Å². The van der Waals surface area contributed by atoms with E-state index < -0.39 is 5.97 Å².